The molecule has 0 aliphatic rings. The fraction of sp³-hybridized carbons (Fsp3) is 0.211. The maximum Gasteiger partial charge on any atom is 0.433 e. The van der Waals surface area contributed by atoms with E-state index in [1.54, 1.807) is 0 Å². The molecule has 2 aromatic heterocycles. The number of benzene rings is 1. The van der Waals surface area contributed by atoms with Crippen molar-refractivity contribution in [2.75, 3.05) is 5.32 Å². The SMILES string of the molecule is CC(Nc1nc(C(F)(F)F)cc(C(F)(F)F)c1C#N)c1nccn1-c1ccc(F)cc1. The third kappa shape index (κ3) is 4.60. The van der Waals surface area contributed by atoms with Crippen LogP contribution in [0.15, 0.2) is 42.7 Å². The van der Waals surface area contributed by atoms with E-state index in [1.807, 2.05) is 0 Å². The van der Waals surface area contributed by atoms with Crippen molar-refractivity contribution in [3.8, 4) is 11.8 Å². The van der Waals surface area contributed by atoms with Gasteiger partial charge in [-0.15, -0.1) is 0 Å². The van der Waals surface area contributed by atoms with Gasteiger partial charge in [-0.2, -0.15) is 31.6 Å². The highest BCUT2D eigenvalue weighted by Crippen LogP contribution is 2.39. The summed E-state index contributed by atoms with van der Waals surface area (Å²) in [4.78, 5) is 7.27. The van der Waals surface area contributed by atoms with Gasteiger partial charge in [0.2, 0.25) is 0 Å². The van der Waals surface area contributed by atoms with Gasteiger partial charge in [0.15, 0.2) is 0 Å². The van der Waals surface area contributed by atoms with E-state index in [0.29, 0.717) is 5.69 Å². The Bertz CT molecular complexity index is 1120. The predicted molar refractivity (Wildman–Crippen MR) is 94.5 cm³/mol. The van der Waals surface area contributed by atoms with E-state index in [-0.39, 0.29) is 11.9 Å². The van der Waals surface area contributed by atoms with Crippen LogP contribution in [0, 0.1) is 17.1 Å². The van der Waals surface area contributed by atoms with E-state index >= 15 is 0 Å². The molecule has 12 heteroatoms. The summed E-state index contributed by atoms with van der Waals surface area (Å²) in [5.74, 6) is -1.20. The number of nitriles is 1. The number of imidazole rings is 1. The second-order valence-corrected chi connectivity index (χ2v) is 6.38. The van der Waals surface area contributed by atoms with E-state index in [1.165, 1.54) is 54.2 Å². The Labute approximate surface area is 170 Å². The third-order valence-electron chi connectivity index (χ3n) is 4.24. The van der Waals surface area contributed by atoms with Gasteiger partial charge in [-0.1, -0.05) is 0 Å². The zero-order chi connectivity index (χ0) is 23.0. The fourth-order valence-electron chi connectivity index (χ4n) is 2.86. The molecule has 3 aromatic rings. The molecule has 0 aliphatic heterocycles. The normalized spacial score (nSPS) is 13.0. The first-order valence-electron chi connectivity index (χ1n) is 8.57. The summed E-state index contributed by atoms with van der Waals surface area (Å²) in [6.45, 7) is 1.42. The monoisotopic (exact) mass is 443 g/mol. The largest absolute Gasteiger partial charge is 0.433 e. The van der Waals surface area contributed by atoms with Crippen LogP contribution in [-0.4, -0.2) is 14.5 Å². The first-order valence-corrected chi connectivity index (χ1v) is 8.57. The number of alkyl halides is 6. The highest BCUT2D eigenvalue weighted by molar-refractivity contribution is 5.58. The summed E-state index contributed by atoms with van der Waals surface area (Å²) in [6.07, 6.45) is -7.55. The standard InChI is InChI=1S/C19H12F7N5/c1-10(17-28-6-7-31(17)12-4-2-11(20)3-5-12)29-16-13(9-27)14(18(21,22)23)8-15(30-16)19(24,25)26/h2-8,10H,1H3,(H,29,30). The van der Waals surface area contributed by atoms with Crippen molar-refractivity contribution in [2.45, 2.75) is 25.3 Å². The minimum atomic E-state index is -5.21. The van der Waals surface area contributed by atoms with Crippen molar-refractivity contribution in [1.29, 1.82) is 5.26 Å². The summed E-state index contributed by atoms with van der Waals surface area (Å²) in [6, 6.07) is 5.28. The van der Waals surface area contributed by atoms with Crippen molar-refractivity contribution in [3.63, 3.8) is 0 Å². The van der Waals surface area contributed by atoms with E-state index in [2.05, 4.69) is 15.3 Å². The third-order valence-corrected chi connectivity index (χ3v) is 4.24. The van der Waals surface area contributed by atoms with Crippen molar-refractivity contribution < 1.29 is 30.7 Å². The van der Waals surface area contributed by atoms with Gasteiger partial charge in [0.25, 0.3) is 0 Å². The Morgan fingerprint density at radius 1 is 1.06 bits per heavy atom. The first kappa shape index (κ1) is 22.1. The van der Waals surface area contributed by atoms with Gasteiger partial charge < -0.3 is 9.88 Å². The Morgan fingerprint density at radius 3 is 2.26 bits per heavy atom. The smallest absolute Gasteiger partial charge is 0.359 e. The molecular formula is C19H12F7N5. The predicted octanol–water partition coefficient (Wildman–Crippen LogP) is 5.49. The lowest BCUT2D eigenvalue weighted by Gasteiger charge is -2.20. The molecule has 3 rings (SSSR count). The number of halogens is 7. The van der Waals surface area contributed by atoms with Crippen LogP contribution in [0.3, 0.4) is 0 Å². The summed E-state index contributed by atoms with van der Waals surface area (Å²) in [5, 5.41) is 11.6. The number of anilines is 1. The molecule has 0 saturated heterocycles. The number of aromatic nitrogens is 3. The highest BCUT2D eigenvalue weighted by Gasteiger charge is 2.41. The molecule has 31 heavy (non-hydrogen) atoms. The van der Waals surface area contributed by atoms with E-state index < -0.39 is 46.9 Å². The molecule has 1 unspecified atom stereocenters. The lowest BCUT2D eigenvalue weighted by Crippen LogP contribution is -2.20. The number of rotatable bonds is 4. The van der Waals surface area contributed by atoms with Gasteiger partial charge in [0.05, 0.1) is 11.6 Å². The van der Waals surface area contributed by atoms with Gasteiger partial charge in [-0.25, -0.2) is 14.4 Å². The van der Waals surface area contributed by atoms with E-state index in [0.717, 1.165) is 0 Å². The molecule has 0 amide bonds. The lowest BCUT2D eigenvalue weighted by molar-refractivity contribution is -0.145. The first-order chi connectivity index (χ1) is 14.4. The molecule has 0 spiro atoms. The van der Waals surface area contributed by atoms with E-state index in [9.17, 15) is 36.0 Å². The van der Waals surface area contributed by atoms with Crippen molar-refractivity contribution >= 4 is 5.82 Å². The molecule has 1 N–H and O–H groups in total. The zero-order valence-corrected chi connectivity index (χ0v) is 15.6. The van der Waals surface area contributed by atoms with Crippen LogP contribution in [0.2, 0.25) is 0 Å². The van der Waals surface area contributed by atoms with Crippen LogP contribution in [0.25, 0.3) is 5.69 Å². The van der Waals surface area contributed by atoms with Crippen LogP contribution < -0.4 is 5.32 Å². The summed E-state index contributed by atoms with van der Waals surface area (Å²) in [5.41, 5.74) is -4.17. The van der Waals surface area contributed by atoms with Crippen molar-refractivity contribution in [1.82, 2.24) is 14.5 Å². The Kier molecular flexibility index (Phi) is 5.62. The zero-order valence-electron chi connectivity index (χ0n) is 15.6. The molecule has 0 fully saturated rings. The number of nitrogens with one attached hydrogen (secondary N) is 1. The second kappa shape index (κ2) is 7.90. The van der Waals surface area contributed by atoms with E-state index in [4.69, 9.17) is 0 Å². The molecule has 0 radical (unpaired) electrons. The van der Waals surface area contributed by atoms with Gasteiger partial charge in [0, 0.05) is 18.1 Å². The molecule has 0 aliphatic carbocycles. The van der Waals surface area contributed by atoms with Crippen LogP contribution >= 0.6 is 0 Å². The summed E-state index contributed by atoms with van der Waals surface area (Å²) >= 11 is 0. The van der Waals surface area contributed by atoms with Crippen LogP contribution in [0.4, 0.5) is 36.6 Å². The summed E-state index contributed by atoms with van der Waals surface area (Å²) < 4.78 is 93.8. The minimum absolute atomic E-state index is 0.184. The van der Waals surface area contributed by atoms with Gasteiger partial charge in [-0.3, -0.25) is 0 Å². The fourth-order valence-corrected chi connectivity index (χ4v) is 2.86. The molecule has 0 bridgehead atoms. The topological polar surface area (TPSA) is 66.5 Å². The second-order valence-electron chi connectivity index (χ2n) is 6.38. The molecular weight excluding hydrogens is 431 g/mol. The molecule has 0 saturated carbocycles. The minimum Gasteiger partial charge on any atom is -0.359 e. The van der Waals surface area contributed by atoms with Gasteiger partial charge in [-0.05, 0) is 37.3 Å². The summed E-state index contributed by atoms with van der Waals surface area (Å²) in [7, 11) is 0. The Balaban J connectivity index is 2.06. The Morgan fingerprint density at radius 2 is 1.71 bits per heavy atom. The van der Waals surface area contributed by atoms with Gasteiger partial charge in [0.1, 0.15) is 34.8 Å². The van der Waals surface area contributed by atoms with Crippen LogP contribution in [-0.2, 0) is 12.4 Å². The molecule has 162 valence electrons. The quantitative estimate of drug-likeness (QED) is 0.542. The molecule has 1 atom stereocenters. The average Bonchev–Trinajstić information content (AvgIpc) is 3.16. The molecule has 2 heterocycles. The number of hydrogen-bond donors (Lipinski definition) is 1. The Hall–Kier alpha value is -3.62. The van der Waals surface area contributed by atoms with Crippen LogP contribution in [0.1, 0.15) is 35.6 Å². The number of hydrogen-bond acceptors (Lipinski definition) is 4. The average molecular weight is 443 g/mol. The lowest BCUT2D eigenvalue weighted by atomic mass is 10.1. The maximum atomic E-state index is 13.3. The van der Waals surface area contributed by atoms with Crippen molar-refractivity contribution in [2.24, 2.45) is 0 Å². The molecule has 5 nitrogen and oxygen atoms in total. The van der Waals surface area contributed by atoms with Gasteiger partial charge >= 0.3 is 12.4 Å². The number of nitrogens with zero attached hydrogens (tertiary/aromatic N) is 4. The van der Waals surface area contributed by atoms with Crippen LogP contribution in [0.5, 0.6) is 0 Å². The molecule has 1 aromatic carbocycles. The number of pyridine rings is 1. The highest BCUT2D eigenvalue weighted by atomic mass is 19.4. The maximum absolute atomic E-state index is 13.3. The van der Waals surface area contributed by atoms with Crippen molar-refractivity contribution in [3.05, 3.63) is 71.2 Å².